The van der Waals surface area contributed by atoms with Crippen molar-refractivity contribution in [3.8, 4) is 11.1 Å². The van der Waals surface area contributed by atoms with Crippen LogP contribution < -0.4 is 5.32 Å². The van der Waals surface area contributed by atoms with Crippen molar-refractivity contribution in [2.75, 3.05) is 60.4 Å². The van der Waals surface area contributed by atoms with Gasteiger partial charge in [-0.25, -0.2) is 9.36 Å². The highest BCUT2D eigenvalue weighted by Crippen LogP contribution is 2.45. The lowest BCUT2D eigenvalue weighted by Gasteiger charge is -2.20. The first-order chi connectivity index (χ1) is 29.2. The molecule has 1 aliphatic rings. The van der Waals surface area contributed by atoms with Gasteiger partial charge in [0.25, 0.3) is 0 Å². The van der Waals surface area contributed by atoms with Crippen molar-refractivity contribution in [2.45, 2.75) is 140 Å². The minimum absolute atomic E-state index is 0.107. The summed E-state index contributed by atoms with van der Waals surface area (Å²) in [6.07, 6.45) is 17.7. The van der Waals surface area contributed by atoms with E-state index in [-0.39, 0.29) is 45.1 Å². The molecule has 0 radical (unpaired) electrons. The van der Waals surface area contributed by atoms with Gasteiger partial charge in [0, 0.05) is 52.7 Å². The van der Waals surface area contributed by atoms with E-state index < -0.39 is 38.6 Å². The summed E-state index contributed by atoms with van der Waals surface area (Å²) >= 11 is 0. The van der Waals surface area contributed by atoms with Gasteiger partial charge in [0.2, 0.25) is 0 Å². The van der Waals surface area contributed by atoms with E-state index in [1.807, 2.05) is 36.4 Å². The first-order valence-electron chi connectivity index (χ1n) is 22.3. The number of methoxy groups -OCH3 is 2. The molecule has 0 bridgehead atoms. The van der Waals surface area contributed by atoms with Gasteiger partial charge in [-0.2, -0.15) is 0 Å². The van der Waals surface area contributed by atoms with Crippen molar-refractivity contribution in [3.63, 3.8) is 0 Å². The van der Waals surface area contributed by atoms with Crippen LogP contribution in [0.25, 0.3) is 11.1 Å². The van der Waals surface area contributed by atoms with E-state index in [1.165, 1.54) is 44.9 Å². The second kappa shape index (κ2) is 31.5. The number of carbonyl (C=O) groups is 3. The maximum Gasteiger partial charge on any atom is 0.472 e. The number of ether oxygens (including phenoxy) is 5. The molecule has 3 rings (SSSR count). The molecule has 0 saturated carbocycles. The fourth-order valence-corrected chi connectivity index (χ4v) is 8.05. The monoisotopic (exact) mass is 861 g/mol. The lowest BCUT2D eigenvalue weighted by molar-refractivity contribution is -0.161. The first-order valence-corrected chi connectivity index (χ1v) is 23.8. The van der Waals surface area contributed by atoms with Crippen LogP contribution in [0.1, 0.15) is 145 Å². The molecule has 0 heterocycles. The Labute approximate surface area is 358 Å². The molecular formula is C46H72NO12P. The van der Waals surface area contributed by atoms with Gasteiger partial charge < -0.3 is 33.9 Å². The highest BCUT2D eigenvalue weighted by atomic mass is 31.2. The minimum atomic E-state index is -4.63. The first kappa shape index (κ1) is 51.0. The van der Waals surface area contributed by atoms with E-state index in [1.54, 1.807) is 14.2 Å². The Morgan fingerprint density at radius 3 is 1.58 bits per heavy atom. The Morgan fingerprint density at radius 1 is 0.600 bits per heavy atom. The Balaban J connectivity index is 1.35. The number of hydrogen-bond acceptors (Lipinski definition) is 11. The standard InChI is InChI=1S/C46H72NO12P/c1-53-32-23-15-11-7-3-5-9-13-17-29-44(48)55-35-38(59-45(49)30-18-14-10-6-4-8-12-16-24-33-54-2)36-58-60(51,52)57-34-31-47-46(50)56-37-43-41-27-21-19-25-39(41)40-26-20-22-28-42(40)43/h19-22,25-28,38,43H,3-18,23-24,29-37H2,1-2H3,(H,47,50)(H,51,52). The molecule has 0 spiro atoms. The zero-order chi connectivity index (χ0) is 43.1. The molecule has 1 amide bonds. The van der Waals surface area contributed by atoms with Crippen LogP contribution in [0.4, 0.5) is 4.79 Å². The molecule has 14 heteroatoms. The van der Waals surface area contributed by atoms with Crippen molar-refractivity contribution < 1.29 is 56.6 Å². The highest BCUT2D eigenvalue weighted by molar-refractivity contribution is 7.47. The number of hydrogen-bond donors (Lipinski definition) is 2. The van der Waals surface area contributed by atoms with E-state index >= 15 is 0 Å². The van der Waals surface area contributed by atoms with E-state index in [2.05, 4.69) is 17.4 Å². The second-order valence-corrected chi connectivity index (χ2v) is 16.9. The molecule has 2 N–H and O–H groups in total. The van der Waals surface area contributed by atoms with Crippen molar-refractivity contribution in [1.82, 2.24) is 5.32 Å². The van der Waals surface area contributed by atoms with Crippen molar-refractivity contribution in [1.29, 1.82) is 0 Å². The van der Waals surface area contributed by atoms with Crippen molar-refractivity contribution in [3.05, 3.63) is 59.7 Å². The Kier molecular flexibility index (Phi) is 26.8. The van der Waals surface area contributed by atoms with Gasteiger partial charge in [-0.3, -0.25) is 18.6 Å². The number of phosphoric acid groups is 1. The summed E-state index contributed by atoms with van der Waals surface area (Å²) in [5.74, 6) is -1.04. The molecule has 0 aromatic heterocycles. The average Bonchev–Trinajstić information content (AvgIpc) is 3.57. The van der Waals surface area contributed by atoms with Crippen LogP contribution in [0.2, 0.25) is 0 Å². The van der Waals surface area contributed by atoms with E-state index in [0.717, 1.165) is 93.3 Å². The van der Waals surface area contributed by atoms with Crippen LogP contribution in [0.5, 0.6) is 0 Å². The van der Waals surface area contributed by atoms with Crippen LogP contribution in [0.15, 0.2) is 48.5 Å². The number of fused-ring (bicyclic) bond motifs is 3. The number of benzene rings is 2. The zero-order valence-corrected chi connectivity index (χ0v) is 37.1. The van der Waals surface area contributed by atoms with Gasteiger partial charge >= 0.3 is 25.9 Å². The molecule has 0 fully saturated rings. The summed E-state index contributed by atoms with van der Waals surface area (Å²) in [6, 6.07) is 16.0. The maximum absolute atomic E-state index is 12.8. The molecule has 2 aromatic carbocycles. The quantitative estimate of drug-likeness (QED) is 0.0289. The van der Waals surface area contributed by atoms with Gasteiger partial charge in [-0.1, -0.05) is 138 Å². The fraction of sp³-hybridized carbons (Fsp3) is 0.674. The van der Waals surface area contributed by atoms with Gasteiger partial charge in [0.05, 0.1) is 13.2 Å². The molecule has 13 nitrogen and oxygen atoms in total. The third kappa shape index (κ3) is 22.0. The predicted octanol–water partition coefficient (Wildman–Crippen LogP) is 10.2. The summed E-state index contributed by atoms with van der Waals surface area (Å²) in [5, 5.41) is 2.53. The van der Waals surface area contributed by atoms with Crippen LogP contribution in [0.3, 0.4) is 0 Å². The normalized spacial score (nSPS) is 13.6. The number of nitrogens with one attached hydrogen (secondary N) is 1. The Morgan fingerprint density at radius 2 is 1.07 bits per heavy atom. The summed E-state index contributed by atoms with van der Waals surface area (Å²) in [5.41, 5.74) is 4.39. The van der Waals surface area contributed by atoms with E-state index in [4.69, 9.17) is 32.7 Å². The summed E-state index contributed by atoms with van der Waals surface area (Å²) in [4.78, 5) is 48.2. The van der Waals surface area contributed by atoms with E-state index in [0.29, 0.717) is 12.8 Å². The number of alkyl carbamates (subject to hydrolysis) is 1. The third-order valence-corrected chi connectivity index (χ3v) is 11.6. The Hall–Kier alpha value is -3.32. The van der Waals surface area contributed by atoms with Gasteiger partial charge in [-0.15, -0.1) is 0 Å². The van der Waals surface area contributed by atoms with E-state index in [9.17, 15) is 23.8 Å². The number of esters is 2. The molecule has 2 atom stereocenters. The predicted molar refractivity (Wildman–Crippen MR) is 232 cm³/mol. The van der Waals surface area contributed by atoms with Crippen LogP contribution >= 0.6 is 7.82 Å². The molecule has 1 aliphatic carbocycles. The van der Waals surface area contributed by atoms with Crippen LogP contribution in [0, 0.1) is 0 Å². The number of phosphoric ester groups is 1. The number of rotatable bonds is 36. The Bertz CT molecular complexity index is 1490. The summed E-state index contributed by atoms with van der Waals surface area (Å²) in [6.45, 7) is 0.431. The van der Waals surface area contributed by atoms with Crippen molar-refractivity contribution in [2.24, 2.45) is 0 Å². The second-order valence-electron chi connectivity index (χ2n) is 15.5. The smallest absolute Gasteiger partial charge is 0.462 e. The number of unbranched alkanes of at least 4 members (excludes halogenated alkanes) is 16. The topological polar surface area (TPSA) is 165 Å². The largest absolute Gasteiger partial charge is 0.472 e. The van der Waals surface area contributed by atoms with Gasteiger partial charge in [0.15, 0.2) is 6.10 Å². The average molecular weight is 862 g/mol. The van der Waals surface area contributed by atoms with Crippen molar-refractivity contribution >= 4 is 25.9 Å². The lowest BCUT2D eigenvalue weighted by Crippen LogP contribution is -2.30. The molecular weight excluding hydrogens is 789 g/mol. The lowest BCUT2D eigenvalue weighted by atomic mass is 9.98. The zero-order valence-electron chi connectivity index (χ0n) is 36.3. The van der Waals surface area contributed by atoms with Gasteiger partial charge in [0.1, 0.15) is 13.2 Å². The minimum Gasteiger partial charge on any atom is -0.462 e. The molecule has 2 unspecified atom stereocenters. The number of carbonyl (C=O) groups excluding carboxylic acids is 3. The van der Waals surface area contributed by atoms with Crippen LogP contribution in [-0.4, -0.2) is 89.4 Å². The van der Waals surface area contributed by atoms with Crippen LogP contribution in [-0.2, 0) is 46.9 Å². The van der Waals surface area contributed by atoms with Gasteiger partial charge in [-0.05, 0) is 47.9 Å². The summed E-state index contributed by atoms with van der Waals surface area (Å²) < 4.78 is 49.6. The molecule has 0 aliphatic heterocycles. The highest BCUT2D eigenvalue weighted by Gasteiger charge is 2.29. The molecule has 2 aromatic rings. The summed E-state index contributed by atoms with van der Waals surface area (Å²) in [7, 11) is -1.18. The maximum atomic E-state index is 12.8. The molecule has 338 valence electrons. The third-order valence-electron chi connectivity index (χ3n) is 10.6. The number of amides is 1. The fourth-order valence-electron chi connectivity index (χ4n) is 7.30. The SMILES string of the molecule is COCCCCCCCCCCCC(=O)OCC(COP(=O)(O)OCCNC(=O)OCC1c2ccccc2-c2ccccc21)OC(=O)CCCCCCCCCCCOC. The molecule has 0 saturated heterocycles. The molecule has 60 heavy (non-hydrogen) atoms.